The summed E-state index contributed by atoms with van der Waals surface area (Å²) in [5, 5.41) is 11.1. The van der Waals surface area contributed by atoms with Crippen molar-refractivity contribution in [3.8, 4) is 5.75 Å². The third-order valence-corrected chi connectivity index (χ3v) is 3.01. The highest BCUT2D eigenvalue weighted by Gasteiger charge is 2.06. The van der Waals surface area contributed by atoms with Crippen molar-refractivity contribution >= 4 is 0 Å². The molecule has 108 valence electrons. The fourth-order valence-electron chi connectivity index (χ4n) is 1.87. The second kappa shape index (κ2) is 7.05. The Labute approximate surface area is 119 Å². The van der Waals surface area contributed by atoms with Crippen LogP contribution in [0.25, 0.3) is 0 Å². The molecular formula is C15H21N3O2. The summed E-state index contributed by atoms with van der Waals surface area (Å²) in [7, 11) is 0. The largest absolute Gasteiger partial charge is 0.484 e. The van der Waals surface area contributed by atoms with E-state index in [-0.39, 0.29) is 0 Å². The summed E-state index contributed by atoms with van der Waals surface area (Å²) in [4.78, 5) is 0. The predicted octanol–water partition coefficient (Wildman–Crippen LogP) is 3.02. The lowest BCUT2D eigenvalue weighted by Gasteiger charge is -2.14. The van der Waals surface area contributed by atoms with Crippen molar-refractivity contribution in [1.82, 2.24) is 15.5 Å². The Balaban J connectivity index is 1.87. The molecule has 0 fully saturated rings. The molecule has 0 spiro atoms. The highest BCUT2D eigenvalue weighted by atomic mass is 16.5. The average molecular weight is 275 g/mol. The number of aromatic nitrogens is 2. The van der Waals surface area contributed by atoms with E-state index in [1.165, 1.54) is 5.56 Å². The number of benzene rings is 1. The molecule has 0 saturated carbocycles. The van der Waals surface area contributed by atoms with E-state index in [1.807, 2.05) is 12.1 Å². The number of nitrogens with one attached hydrogen (secondary N) is 1. The zero-order valence-electron chi connectivity index (χ0n) is 12.2. The number of hydrogen-bond donors (Lipinski definition) is 1. The Kier molecular flexibility index (Phi) is 5.12. The van der Waals surface area contributed by atoms with Crippen LogP contribution in [-0.2, 0) is 6.61 Å². The SMILES string of the molecule is CCCNC(C)c1ccc(OCc2nnc(C)o2)cc1. The number of nitrogens with zero attached hydrogens (tertiary/aromatic N) is 2. The molecule has 0 aliphatic carbocycles. The van der Waals surface area contributed by atoms with E-state index >= 15 is 0 Å². The number of hydrogen-bond acceptors (Lipinski definition) is 5. The summed E-state index contributed by atoms with van der Waals surface area (Å²) in [6, 6.07) is 8.41. The first-order valence-corrected chi connectivity index (χ1v) is 6.94. The van der Waals surface area contributed by atoms with Crippen molar-refractivity contribution < 1.29 is 9.15 Å². The molecule has 20 heavy (non-hydrogen) atoms. The molecule has 1 N–H and O–H groups in total. The molecule has 5 nitrogen and oxygen atoms in total. The van der Waals surface area contributed by atoms with Gasteiger partial charge in [-0.1, -0.05) is 19.1 Å². The van der Waals surface area contributed by atoms with Crippen LogP contribution in [0.1, 0.15) is 43.7 Å². The molecule has 0 aliphatic rings. The normalized spacial score (nSPS) is 12.3. The van der Waals surface area contributed by atoms with Gasteiger partial charge in [0.2, 0.25) is 5.89 Å². The third-order valence-electron chi connectivity index (χ3n) is 3.01. The maximum atomic E-state index is 5.60. The zero-order valence-corrected chi connectivity index (χ0v) is 12.2. The predicted molar refractivity (Wildman–Crippen MR) is 76.5 cm³/mol. The van der Waals surface area contributed by atoms with Crippen LogP contribution in [0.5, 0.6) is 5.75 Å². The average Bonchev–Trinajstić information content (AvgIpc) is 2.89. The summed E-state index contributed by atoms with van der Waals surface area (Å²) in [5.74, 6) is 1.84. The van der Waals surface area contributed by atoms with E-state index in [9.17, 15) is 0 Å². The van der Waals surface area contributed by atoms with Gasteiger partial charge in [-0.25, -0.2) is 0 Å². The molecule has 1 unspecified atom stereocenters. The lowest BCUT2D eigenvalue weighted by Crippen LogP contribution is -2.19. The Bertz CT molecular complexity index is 522. The molecule has 5 heteroatoms. The maximum absolute atomic E-state index is 5.60. The molecule has 2 rings (SSSR count). The van der Waals surface area contributed by atoms with Gasteiger partial charge in [0.15, 0.2) is 6.61 Å². The van der Waals surface area contributed by atoms with Crippen LogP contribution >= 0.6 is 0 Å². The summed E-state index contributed by atoms with van der Waals surface area (Å²) < 4.78 is 10.9. The van der Waals surface area contributed by atoms with Crippen LogP contribution in [0.15, 0.2) is 28.7 Å². The van der Waals surface area contributed by atoms with Gasteiger partial charge in [-0.2, -0.15) is 0 Å². The van der Waals surface area contributed by atoms with Gasteiger partial charge in [0.25, 0.3) is 5.89 Å². The molecule has 2 aromatic rings. The molecule has 0 saturated heterocycles. The fraction of sp³-hybridized carbons (Fsp3) is 0.467. The first-order valence-electron chi connectivity index (χ1n) is 6.94. The van der Waals surface area contributed by atoms with E-state index in [2.05, 4.69) is 41.5 Å². The van der Waals surface area contributed by atoms with Gasteiger partial charge in [-0.15, -0.1) is 10.2 Å². The molecule has 0 bridgehead atoms. The summed E-state index contributed by atoms with van der Waals surface area (Å²) >= 11 is 0. The topological polar surface area (TPSA) is 60.2 Å². The zero-order chi connectivity index (χ0) is 14.4. The highest BCUT2D eigenvalue weighted by molar-refractivity contribution is 5.28. The molecule has 1 heterocycles. The molecular weight excluding hydrogens is 254 g/mol. The van der Waals surface area contributed by atoms with Crippen molar-refractivity contribution in [2.45, 2.75) is 39.8 Å². The molecule has 0 aliphatic heterocycles. The highest BCUT2D eigenvalue weighted by Crippen LogP contribution is 2.18. The summed E-state index contributed by atoms with van der Waals surface area (Å²) in [6.45, 7) is 7.40. The second-order valence-corrected chi connectivity index (χ2v) is 4.75. The lowest BCUT2D eigenvalue weighted by atomic mass is 10.1. The fourth-order valence-corrected chi connectivity index (χ4v) is 1.87. The Morgan fingerprint density at radius 3 is 2.60 bits per heavy atom. The van der Waals surface area contributed by atoms with Crippen LogP contribution in [0, 0.1) is 6.92 Å². The van der Waals surface area contributed by atoms with Gasteiger partial charge >= 0.3 is 0 Å². The molecule has 1 aromatic heterocycles. The van der Waals surface area contributed by atoms with Gasteiger partial charge in [-0.3, -0.25) is 0 Å². The van der Waals surface area contributed by atoms with Crippen molar-refractivity contribution in [3.63, 3.8) is 0 Å². The molecule has 1 aromatic carbocycles. The standard InChI is InChI=1S/C15H21N3O2/c1-4-9-16-11(2)13-5-7-14(8-6-13)19-10-15-18-17-12(3)20-15/h5-8,11,16H,4,9-10H2,1-3H3. The van der Waals surface area contributed by atoms with Crippen LogP contribution in [0.2, 0.25) is 0 Å². The Morgan fingerprint density at radius 1 is 1.25 bits per heavy atom. The minimum Gasteiger partial charge on any atom is -0.484 e. The number of ether oxygens (including phenoxy) is 1. The van der Waals surface area contributed by atoms with Crippen LogP contribution in [-0.4, -0.2) is 16.7 Å². The van der Waals surface area contributed by atoms with Crippen LogP contribution in [0.3, 0.4) is 0 Å². The van der Waals surface area contributed by atoms with E-state index in [0.29, 0.717) is 24.4 Å². The minimum absolute atomic E-state index is 0.295. The monoisotopic (exact) mass is 275 g/mol. The quantitative estimate of drug-likeness (QED) is 0.841. The van der Waals surface area contributed by atoms with Crippen molar-refractivity contribution in [3.05, 3.63) is 41.6 Å². The van der Waals surface area contributed by atoms with Gasteiger partial charge in [0.1, 0.15) is 5.75 Å². The molecule has 0 amide bonds. The van der Waals surface area contributed by atoms with Crippen molar-refractivity contribution in [2.75, 3.05) is 6.54 Å². The van der Waals surface area contributed by atoms with Gasteiger partial charge in [0.05, 0.1) is 0 Å². The Hall–Kier alpha value is -1.88. The van der Waals surface area contributed by atoms with E-state index < -0.39 is 0 Å². The second-order valence-electron chi connectivity index (χ2n) is 4.75. The first-order chi connectivity index (χ1) is 9.69. The minimum atomic E-state index is 0.295. The first kappa shape index (κ1) is 14.5. The number of rotatable bonds is 7. The van der Waals surface area contributed by atoms with Gasteiger partial charge in [0, 0.05) is 13.0 Å². The summed E-state index contributed by atoms with van der Waals surface area (Å²) in [5.41, 5.74) is 1.25. The third kappa shape index (κ3) is 4.06. The Morgan fingerprint density at radius 2 is 2.00 bits per heavy atom. The lowest BCUT2D eigenvalue weighted by molar-refractivity contribution is 0.260. The van der Waals surface area contributed by atoms with E-state index in [4.69, 9.17) is 9.15 Å². The van der Waals surface area contributed by atoms with Crippen LogP contribution < -0.4 is 10.1 Å². The summed E-state index contributed by atoms with van der Waals surface area (Å²) in [6.07, 6.45) is 1.13. The smallest absolute Gasteiger partial charge is 0.253 e. The van der Waals surface area contributed by atoms with Gasteiger partial charge in [-0.05, 0) is 37.6 Å². The number of aryl methyl sites for hydroxylation is 1. The van der Waals surface area contributed by atoms with E-state index in [1.54, 1.807) is 6.92 Å². The van der Waals surface area contributed by atoms with Crippen molar-refractivity contribution in [2.24, 2.45) is 0 Å². The van der Waals surface area contributed by atoms with E-state index in [0.717, 1.165) is 18.7 Å². The molecule has 0 radical (unpaired) electrons. The molecule has 1 atom stereocenters. The van der Waals surface area contributed by atoms with Crippen LogP contribution in [0.4, 0.5) is 0 Å². The van der Waals surface area contributed by atoms with Gasteiger partial charge < -0.3 is 14.5 Å². The van der Waals surface area contributed by atoms with Crippen molar-refractivity contribution in [1.29, 1.82) is 0 Å². The maximum Gasteiger partial charge on any atom is 0.253 e.